The average molecular weight is 588 g/mol. The lowest BCUT2D eigenvalue weighted by Gasteiger charge is -2.35. The molecule has 12 heteroatoms. The van der Waals surface area contributed by atoms with Gasteiger partial charge in [0.15, 0.2) is 11.5 Å². The number of hydrogen-bond acceptors (Lipinski definition) is 8. The van der Waals surface area contributed by atoms with Crippen molar-refractivity contribution in [3.8, 4) is 17.2 Å². The molecule has 0 unspecified atom stereocenters. The van der Waals surface area contributed by atoms with Crippen molar-refractivity contribution in [2.75, 3.05) is 59.0 Å². The first-order valence-electron chi connectivity index (χ1n) is 13.4. The van der Waals surface area contributed by atoms with Gasteiger partial charge in [0.05, 0.1) is 38.7 Å². The molecule has 1 aromatic heterocycles. The predicted octanol–water partition coefficient (Wildman–Crippen LogP) is 3.83. The quantitative estimate of drug-likeness (QED) is 0.300. The summed E-state index contributed by atoms with van der Waals surface area (Å²) in [6.45, 7) is 6.24. The fraction of sp³-hybridized carbons (Fsp3) is 0.414. The summed E-state index contributed by atoms with van der Waals surface area (Å²) in [5.41, 5.74) is 3.51. The monoisotopic (exact) mass is 587 g/mol. The topological polar surface area (TPSA) is 97.6 Å². The highest BCUT2D eigenvalue weighted by Gasteiger charge is 2.28. The number of piperazine rings is 1. The number of halogens is 2. The van der Waals surface area contributed by atoms with Crippen molar-refractivity contribution in [1.29, 1.82) is 0 Å². The third-order valence-electron chi connectivity index (χ3n) is 7.51. The van der Waals surface area contributed by atoms with E-state index >= 15 is 4.39 Å². The summed E-state index contributed by atoms with van der Waals surface area (Å²) >= 11 is 0. The molecule has 5 rings (SSSR count). The standard InChI is InChI=1S/C29H34FN5O5.ClH/c1-5-33-8-10-34(11-9-33)24-15-23-20(14-22(24)30)27(36)21(17-35(23)19-6-7-19)29(37)32-31-16-18-12-25(38-2)28(40-4)26(13-18)39-3;/h12-17,19H,5-11H2,1-4H3,(H,32,37);1H/b31-16-;. The Balaban J connectivity index is 0.00000387. The molecule has 1 aliphatic carbocycles. The van der Waals surface area contributed by atoms with E-state index < -0.39 is 17.2 Å². The number of aromatic nitrogens is 1. The van der Waals surface area contributed by atoms with Crippen LogP contribution in [0.3, 0.4) is 0 Å². The highest BCUT2D eigenvalue weighted by Crippen LogP contribution is 2.39. The van der Waals surface area contributed by atoms with Crippen LogP contribution in [-0.4, -0.2) is 75.6 Å². The zero-order valence-electron chi connectivity index (χ0n) is 23.6. The van der Waals surface area contributed by atoms with E-state index in [4.69, 9.17) is 14.2 Å². The van der Waals surface area contributed by atoms with Gasteiger partial charge in [-0.2, -0.15) is 5.10 Å². The fourth-order valence-corrected chi connectivity index (χ4v) is 5.12. The molecule has 2 aromatic carbocycles. The molecule has 1 amide bonds. The van der Waals surface area contributed by atoms with Crippen molar-refractivity contribution in [2.45, 2.75) is 25.8 Å². The molecule has 41 heavy (non-hydrogen) atoms. The van der Waals surface area contributed by atoms with Crippen molar-refractivity contribution in [3.63, 3.8) is 0 Å². The molecule has 2 heterocycles. The molecule has 1 aliphatic heterocycles. The summed E-state index contributed by atoms with van der Waals surface area (Å²) in [5.74, 6) is 0.164. The van der Waals surface area contributed by atoms with Crippen LogP contribution < -0.4 is 30.0 Å². The van der Waals surface area contributed by atoms with Gasteiger partial charge in [0.2, 0.25) is 11.2 Å². The number of ether oxygens (including phenoxy) is 3. The Bertz CT molecular complexity index is 1490. The molecule has 0 radical (unpaired) electrons. The summed E-state index contributed by atoms with van der Waals surface area (Å²) in [6.07, 6.45) is 4.84. The van der Waals surface area contributed by atoms with E-state index in [1.54, 1.807) is 24.4 Å². The zero-order chi connectivity index (χ0) is 28.4. The fourth-order valence-electron chi connectivity index (χ4n) is 5.12. The van der Waals surface area contributed by atoms with E-state index in [1.807, 2.05) is 9.47 Å². The first-order chi connectivity index (χ1) is 19.4. The van der Waals surface area contributed by atoms with E-state index in [9.17, 15) is 9.59 Å². The van der Waals surface area contributed by atoms with Crippen LogP contribution in [0.25, 0.3) is 10.9 Å². The zero-order valence-corrected chi connectivity index (χ0v) is 24.4. The Morgan fingerprint density at radius 1 is 1.05 bits per heavy atom. The Morgan fingerprint density at radius 2 is 1.71 bits per heavy atom. The van der Waals surface area contributed by atoms with E-state index in [0.717, 1.165) is 32.5 Å². The van der Waals surface area contributed by atoms with E-state index in [1.165, 1.54) is 33.6 Å². The van der Waals surface area contributed by atoms with Crippen LogP contribution in [0.2, 0.25) is 0 Å². The second-order valence-electron chi connectivity index (χ2n) is 9.91. The number of rotatable bonds is 9. The number of hydrogen-bond donors (Lipinski definition) is 1. The third-order valence-corrected chi connectivity index (χ3v) is 7.51. The van der Waals surface area contributed by atoms with Crippen molar-refractivity contribution in [3.05, 3.63) is 57.6 Å². The second-order valence-corrected chi connectivity index (χ2v) is 9.91. The van der Waals surface area contributed by atoms with Crippen LogP contribution in [0, 0.1) is 5.82 Å². The van der Waals surface area contributed by atoms with Gasteiger partial charge in [0.25, 0.3) is 5.91 Å². The number of benzene rings is 2. The van der Waals surface area contributed by atoms with Crippen molar-refractivity contribution >= 4 is 41.1 Å². The smallest absolute Gasteiger partial charge is 0.276 e. The number of carbonyl (C=O) groups is 1. The maximum absolute atomic E-state index is 15.4. The van der Waals surface area contributed by atoms with Gasteiger partial charge in [-0.3, -0.25) is 9.59 Å². The predicted molar refractivity (Wildman–Crippen MR) is 159 cm³/mol. The molecule has 3 aromatic rings. The maximum Gasteiger partial charge on any atom is 0.276 e. The van der Waals surface area contributed by atoms with Crippen molar-refractivity contribution in [1.82, 2.24) is 14.9 Å². The van der Waals surface area contributed by atoms with Gasteiger partial charge >= 0.3 is 0 Å². The van der Waals surface area contributed by atoms with Crippen molar-refractivity contribution in [2.24, 2.45) is 5.10 Å². The van der Waals surface area contributed by atoms with E-state index in [-0.39, 0.29) is 29.4 Å². The average Bonchev–Trinajstić information content (AvgIpc) is 3.82. The van der Waals surface area contributed by atoms with Crippen LogP contribution in [0.4, 0.5) is 10.1 Å². The lowest BCUT2D eigenvalue weighted by molar-refractivity contribution is 0.0953. The Labute approximate surface area is 244 Å². The second kappa shape index (κ2) is 12.8. The molecule has 220 valence electrons. The minimum absolute atomic E-state index is 0. The minimum Gasteiger partial charge on any atom is -0.493 e. The summed E-state index contributed by atoms with van der Waals surface area (Å²) in [4.78, 5) is 30.8. The molecule has 0 spiro atoms. The highest BCUT2D eigenvalue weighted by atomic mass is 35.5. The van der Waals surface area contributed by atoms with Gasteiger partial charge in [-0.1, -0.05) is 6.92 Å². The lowest BCUT2D eigenvalue weighted by Crippen LogP contribution is -2.46. The number of fused-ring (bicyclic) bond motifs is 1. The molecule has 1 N–H and O–H groups in total. The third kappa shape index (κ3) is 6.11. The first-order valence-corrected chi connectivity index (χ1v) is 13.4. The summed E-state index contributed by atoms with van der Waals surface area (Å²) in [6, 6.07) is 6.54. The molecule has 1 saturated carbocycles. The molecule has 2 fully saturated rings. The highest BCUT2D eigenvalue weighted by molar-refractivity contribution is 5.98. The summed E-state index contributed by atoms with van der Waals surface area (Å²) < 4.78 is 33.3. The van der Waals surface area contributed by atoms with Gasteiger partial charge in [-0.05, 0) is 43.7 Å². The molecule has 0 atom stereocenters. The van der Waals surface area contributed by atoms with Crippen LogP contribution >= 0.6 is 12.4 Å². The number of anilines is 1. The van der Waals surface area contributed by atoms with Gasteiger partial charge in [0, 0.05) is 49.4 Å². The van der Waals surface area contributed by atoms with Crippen molar-refractivity contribution < 1.29 is 23.4 Å². The molecule has 1 saturated heterocycles. The largest absolute Gasteiger partial charge is 0.493 e. The normalized spacial score (nSPS) is 15.6. The van der Waals surface area contributed by atoms with Crippen LogP contribution in [-0.2, 0) is 0 Å². The van der Waals surface area contributed by atoms with Crippen LogP contribution in [0.15, 0.2) is 40.4 Å². The van der Waals surface area contributed by atoms with Gasteiger partial charge < -0.3 is 28.6 Å². The summed E-state index contributed by atoms with van der Waals surface area (Å²) in [7, 11) is 4.51. The molecular weight excluding hydrogens is 553 g/mol. The SMILES string of the molecule is CCN1CCN(c2cc3c(cc2F)c(=O)c(C(=O)N/N=C\c2cc(OC)c(OC)c(OC)c2)cn3C2CC2)CC1.Cl. The molecule has 0 bridgehead atoms. The maximum atomic E-state index is 15.4. The Hall–Kier alpha value is -3.83. The van der Waals surface area contributed by atoms with Gasteiger partial charge in [-0.15, -0.1) is 12.4 Å². The number of carbonyl (C=O) groups excluding carboxylic acids is 1. The lowest BCUT2D eigenvalue weighted by atomic mass is 10.1. The Kier molecular flexibility index (Phi) is 9.39. The molecule has 10 nitrogen and oxygen atoms in total. The van der Waals surface area contributed by atoms with E-state index in [0.29, 0.717) is 47.1 Å². The molecular formula is C29H35ClFN5O5. The van der Waals surface area contributed by atoms with Gasteiger partial charge in [0.1, 0.15) is 11.4 Å². The number of pyridine rings is 1. The molecule has 2 aliphatic rings. The number of hydrazone groups is 1. The van der Waals surface area contributed by atoms with E-state index in [2.05, 4.69) is 22.4 Å². The minimum atomic E-state index is -0.676. The number of nitrogens with one attached hydrogen (secondary N) is 1. The van der Waals surface area contributed by atoms with Crippen LogP contribution in [0.5, 0.6) is 17.2 Å². The number of amides is 1. The number of nitrogens with zero attached hydrogens (tertiary/aromatic N) is 4. The van der Waals surface area contributed by atoms with Gasteiger partial charge in [-0.25, -0.2) is 9.82 Å². The Morgan fingerprint density at radius 3 is 2.27 bits per heavy atom. The first kappa shape index (κ1) is 30.1. The van der Waals surface area contributed by atoms with Crippen LogP contribution in [0.1, 0.15) is 41.7 Å². The number of likely N-dealkylation sites (N-methyl/N-ethyl adjacent to an activating group) is 1. The number of methoxy groups -OCH3 is 3. The summed E-state index contributed by atoms with van der Waals surface area (Å²) in [5, 5.41) is 4.21.